The first-order chi connectivity index (χ1) is 9.31. The average Bonchev–Trinajstić information content (AvgIpc) is 2.44. The predicted octanol–water partition coefficient (Wildman–Crippen LogP) is 2.81. The molecule has 0 saturated heterocycles. The van der Waals surface area contributed by atoms with Gasteiger partial charge in [-0.2, -0.15) is 14.4 Å². The maximum Gasteiger partial charge on any atom is 0.263 e. The monoisotopic (exact) mass is 258 g/mol. The summed E-state index contributed by atoms with van der Waals surface area (Å²) in [6, 6.07) is 8.79. The van der Waals surface area contributed by atoms with Crippen molar-refractivity contribution in [3.05, 3.63) is 42.5 Å². The van der Waals surface area contributed by atoms with Crippen molar-refractivity contribution in [2.75, 3.05) is 6.61 Å². The van der Waals surface area contributed by atoms with Gasteiger partial charge in [0.05, 0.1) is 0 Å². The Balaban J connectivity index is 2.17. The Morgan fingerprint density at radius 3 is 2.63 bits per heavy atom. The first-order valence-corrected chi connectivity index (χ1v) is 5.57. The lowest BCUT2D eigenvalue weighted by Crippen LogP contribution is -2.02. The lowest BCUT2D eigenvalue weighted by Gasteiger charge is -2.07. The van der Waals surface area contributed by atoms with Crippen molar-refractivity contribution < 1.29 is 13.9 Å². The molecule has 0 aliphatic rings. The summed E-state index contributed by atoms with van der Waals surface area (Å²) < 4.78 is 24.4. The van der Waals surface area contributed by atoms with Crippen LogP contribution in [0.3, 0.4) is 0 Å². The number of benzene rings is 1. The van der Waals surface area contributed by atoms with Gasteiger partial charge in [-0.1, -0.05) is 24.1 Å². The van der Waals surface area contributed by atoms with E-state index < -0.39 is 5.82 Å². The third-order valence-corrected chi connectivity index (χ3v) is 2.14. The Labute approximate surface area is 110 Å². The zero-order chi connectivity index (χ0) is 13.5. The highest BCUT2D eigenvalue weighted by Crippen LogP contribution is 2.25. The molecule has 0 amide bonds. The molecule has 0 radical (unpaired) electrons. The van der Waals surface area contributed by atoms with Crippen molar-refractivity contribution >= 4 is 0 Å². The molecule has 0 N–H and O–H groups in total. The maximum atomic E-state index is 14.0. The van der Waals surface area contributed by atoms with E-state index in [-0.39, 0.29) is 18.4 Å². The highest BCUT2D eigenvalue weighted by atomic mass is 19.1. The van der Waals surface area contributed by atoms with Crippen LogP contribution in [-0.2, 0) is 0 Å². The summed E-state index contributed by atoms with van der Waals surface area (Å²) in [5, 5.41) is 0. The topological polar surface area (TPSA) is 44.2 Å². The van der Waals surface area contributed by atoms with E-state index in [1.165, 1.54) is 6.33 Å². The molecule has 0 saturated carbocycles. The molecule has 19 heavy (non-hydrogen) atoms. The summed E-state index contributed by atoms with van der Waals surface area (Å²) in [4.78, 5) is 7.43. The third-order valence-electron chi connectivity index (χ3n) is 2.14. The number of aromatic nitrogens is 2. The molecule has 0 bridgehead atoms. The molecule has 0 aliphatic heterocycles. The zero-order valence-electron chi connectivity index (χ0n) is 10.3. The van der Waals surface area contributed by atoms with Crippen molar-refractivity contribution in [2.45, 2.75) is 6.92 Å². The van der Waals surface area contributed by atoms with Gasteiger partial charge in [-0.3, -0.25) is 0 Å². The lowest BCUT2D eigenvalue weighted by atomic mass is 10.3. The number of hydrogen-bond donors (Lipinski definition) is 0. The van der Waals surface area contributed by atoms with Crippen molar-refractivity contribution in [1.82, 2.24) is 9.97 Å². The second-order valence-corrected chi connectivity index (χ2v) is 3.43. The lowest BCUT2D eigenvalue weighted by molar-refractivity contribution is 0.317. The fourth-order valence-electron chi connectivity index (χ4n) is 1.29. The van der Waals surface area contributed by atoms with Gasteiger partial charge in [0.2, 0.25) is 5.82 Å². The van der Waals surface area contributed by atoms with E-state index in [9.17, 15) is 4.39 Å². The molecule has 0 spiro atoms. The maximum absolute atomic E-state index is 14.0. The zero-order valence-corrected chi connectivity index (χ0v) is 10.3. The molecule has 96 valence electrons. The molecule has 0 aliphatic carbocycles. The average molecular weight is 258 g/mol. The predicted molar refractivity (Wildman–Crippen MR) is 67.5 cm³/mol. The number of nitrogens with zero attached hydrogens (tertiary/aromatic N) is 2. The molecule has 5 heteroatoms. The van der Waals surface area contributed by atoms with Gasteiger partial charge in [0.25, 0.3) is 11.8 Å². The normalized spacial score (nSPS) is 9.37. The van der Waals surface area contributed by atoms with Gasteiger partial charge in [-0.25, -0.2) is 0 Å². The molecule has 1 aromatic heterocycles. The van der Waals surface area contributed by atoms with Crippen LogP contribution in [0.4, 0.5) is 4.39 Å². The van der Waals surface area contributed by atoms with E-state index in [0.717, 1.165) is 0 Å². The minimum Gasteiger partial charge on any atom is -0.462 e. The van der Waals surface area contributed by atoms with Crippen LogP contribution in [-0.4, -0.2) is 16.6 Å². The van der Waals surface area contributed by atoms with E-state index in [2.05, 4.69) is 21.8 Å². The van der Waals surface area contributed by atoms with Crippen LogP contribution in [0.15, 0.2) is 36.7 Å². The van der Waals surface area contributed by atoms with Crippen molar-refractivity contribution in [3.8, 4) is 29.4 Å². The van der Waals surface area contributed by atoms with Gasteiger partial charge in [-0.15, -0.1) is 5.92 Å². The van der Waals surface area contributed by atoms with Gasteiger partial charge in [0.1, 0.15) is 12.1 Å². The number of halogens is 1. The Kier molecular flexibility index (Phi) is 4.29. The summed E-state index contributed by atoms with van der Waals surface area (Å²) >= 11 is 0. The summed E-state index contributed by atoms with van der Waals surface area (Å²) in [5.74, 6) is 4.68. The smallest absolute Gasteiger partial charge is 0.263 e. The summed E-state index contributed by atoms with van der Waals surface area (Å²) in [6.07, 6.45) is 1.18. The van der Waals surface area contributed by atoms with E-state index in [0.29, 0.717) is 5.75 Å². The minimum atomic E-state index is -0.746. The minimum absolute atomic E-state index is 0.0647. The van der Waals surface area contributed by atoms with Gasteiger partial charge in [0.15, 0.2) is 6.61 Å². The molecular weight excluding hydrogens is 247 g/mol. The van der Waals surface area contributed by atoms with E-state index >= 15 is 0 Å². The molecule has 1 heterocycles. The number of hydrogen-bond acceptors (Lipinski definition) is 4. The second kappa shape index (κ2) is 6.36. The fraction of sp³-hybridized carbons (Fsp3) is 0.143. The van der Waals surface area contributed by atoms with E-state index in [1.807, 2.05) is 6.07 Å². The van der Waals surface area contributed by atoms with E-state index in [4.69, 9.17) is 9.47 Å². The van der Waals surface area contributed by atoms with Crippen LogP contribution < -0.4 is 9.47 Å². The Morgan fingerprint density at radius 1 is 1.16 bits per heavy atom. The summed E-state index contributed by atoms with van der Waals surface area (Å²) in [5.41, 5.74) is 0. The molecule has 0 fully saturated rings. The SMILES string of the molecule is CC#CCOc1ncnc(Oc2ccccc2)c1F. The Bertz CT molecular complexity index is 606. The highest BCUT2D eigenvalue weighted by molar-refractivity contribution is 5.29. The van der Waals surface area contributed by atoms with Crippen molar-refractivity contribution in [1.29, 1.82) is 0 Å². The van der Waals surface area contributed by atoms with E-state index in [1.54, 1.807) is 31.2 Å². The Morgan fingerprint density at radius 2 is 1.89 bits per heavy atom. The van der Waals surface area contributed by atoms with Crippen LogP contribution in [0.5, 0.6) is 17.5 Å². The van der Waals surface area contributed by atoms with Crippen LogP contribution in [0.2, 0.25) is 0 Å². The Hall–Kier alpha value is -2.61. The molecule has 1 aromatic carbocycles. The van der Waals surface area contributed by atoms with Crippen LogP contribution in [0, 0.1) is 17.7 Å². The number of ether oxygens (including phenoxy) is 2. The standard InChI is InChI=1S/C14H11FN2O2/c1-2-3-9-18-13-12(15)14(17-10-16-13)19-11-7-5-4-6-8-11/h4-8,10H,9H2,1H3. The first-order valence-electron chi connectivity index (χ1n) is 5.57. The summed E-state index contributed by atoms with van der Waals surface area (Å²) in [7, 11) is 0. The van der Waals surface area contributed by atoms with Crippen LogP contribution in [0.25, 0.3) is 0 Å². The van der Waals surface area contributed by atoms with Crippen molar-refractivity contribution in [3.63, 3.8) is 0 Å². The fourth-order valence-corrected chi connectivity index (χ4v) is 1.29. The largest absolute Gasteiger partial charge is 0.462 e. The molecule has 2 aromatic rings. The molecule has 0 atom stereocenters. The van der Waals surface area contributed by atoms with Crippen LogP contribution in [0.1, 0.15) is 6.92 Å². The van der Waals surface area contributed by atoms with Gasteiger partial charge in [0, 0.05) is 0 Å². The number of rotatable bonds is 4. The molecule has 2 rings (SSSR count). The second-order valence-electron chi connectivity index (χ2n) is 3.43. The summed E-state index contributed by atoms with van der Waals surface area (Å²) in [6.45, 7) is 1.73. The quantitative estimate of drug-likeness (QED) is 0.791. The highest BCUT2D eigenvalue weighted by Gasteiger charge is 2.14. The molecule has 0 unspecified atom stereocenters. The van der Waals surface area contributed by atoms with Gasteiger partial charge in [-0.05, 0) is 19.1 Å². The molecule has 4 nitrogen and oxygen atoms in total. The first kappa shape index (κ1) is 12.8. The van der Waals surface area contributed by atoms with Gasteiger partial charge < -0.3 is 9.47 Å². The van der Waals surface area contributed by atoms with Crippen LogP contribution >= 0.6 is 0 Å². The van der Waals surface area contributed by atoms with Crippen molar-refractivity contribution in [2.24, 2.45) is 0 Å². The molecular formula is C14H11FN2O2. The third kappa shape index (κ3) is 3.42. The van der Waals surface area contributed by atoms with Gasteiger partial charge >= 0.3 is 0 Å². The number of para-hydroxylation sites is 1.